The molecule has 0 aliphatic carbocycles. The Morgan fingerprint density at radius 3 is 2.50 bits per heavy atom. The minimum Gasteiger partial charge on any atom is -0.361 e. The quantitative estimate of drug-likeness (QED) is 0.532. The molecular weight excluding hydrogens is 350 g/mol. The number of amides is 2. The molecule has 1 aliphatic rings. The molecule has 1 aliphatic heterocycles. The van der Waals surface area contributed by atoms with Crippen molar-refractivity contribution in [3.63, 3.8) is 0 Å². The molecule has 0 spiro atoms. The van der Waals surface area contributed by atoms with Gasteiger partial charge >= 0.3 is 0 Å². The lowest BCUT2D eigenvalue weighted by Gasteiger charge is -2.06. The Morgan fingerprint density at radius 1 is 0.893 bits per heavy atom. The molecule has 2 amide bonds. The lowest BCUT2D eigenvalue weighted by atomic mass is 9.95. The van der Waals surface area contributed by atoms with Crippen LogP contribution in [0.25, 0.3) is 33.0 Å². The van der Waals surface area contributed by atoms with Crippen molar-refractivity contribution in [3.8, 4) is 0 Å². The van der Waals surface area contributed by atoms with E-state index in [1.165, 1.54) is 0 Å². The minimum atomic E-state index is -0.352. The highest BCUT2D eigenvalue weighted by Crippen LogP contribution is 2.37. The molecule has 0 saturated carbocycles. The summed E-state index contributed by atoms with van der Waals surface area (Å²) in [6.45, 7) is 2.97. The van der Waals surface area contributed by atoms with E-state index in [4.69, 9.17) is 0 Å². The van der Waals surface area contributed by atoms with E-state index in [1.54, 1.807) is 0 Å². The highest BCUT2D eigenvalue weighted by atomic mass is 16.2. The van der Waals surface area contributed by atoms with E-state index in [0.717, 1.165) is 45.9 Å². The van der Waals surface area contributed by atoms with Gasteiger partial charge in [0, 0.05) is 41.0 Å². The van der Waals surface area contributed by atoms with Gasteiger partial charge in [-0.15, -0.1) is 0 Å². The summed E-state index contributed by atoms with van der Waals surface area (Å²) in [4.78, 5) is 28.8. The van der Waals surface area contributed by atoms with Crippen LogP contribution in [0.2, 0.25) is 0 Å². The summed E-state index contributed by atoms with van der Waals surface area (Å²) in [6.07, 6.45) is 4.82. The number of fused-ring (bicyclic) bond motifs is 2. The number of para-hydroxylation sites is 2. The Labute approximate surface area is 161 Å². The smallest absolute Gasteiger partial charge is 0.259 e. The van der Waals surface area contributed by atoms with Gasteiger partial charge in [-0.2, -0.15) is 0 Å². The summed E-state index contributed by atoms with van der Waals surface area (Å²) in [7, 11) is 0. The van der Waals surface area contributed by atoms with Crippen molar-refractivity contribution < 1.29 is 9.59 Å². The van der Waals surface area contributed by atoms with Gasteiger partial charge in [-0.05, 0) is 23.9 Å². The van der Waals surface area contributed by atoms with Crippen LogP contribution in [0, 0.1) is 0 Å². The zero-order chi connectivity index (χ0) is 19.3. The van der Waals surface area contributed by atoms with Crippen LogP contribution >= 0.6 is 0 Å². The lowest BCUT2D eigenvalue weighted by Crippen LogP contribution is -2.22. The average Bonchev–Trinajstić information content (AvgIpc) is 3.38. The van der Waals surface area contributed by atoms with Gasteiger partial charge in [0.2, 0.25) is 0 Å². The fourth-order valence-electron chi connectivity index (χ4n) is 4.13. The second kappa shape index (κ2) is 6.23. The average molecular weight is 369 g/mol. The number of aromatic nitrogens is 2. The normalized spacial score (nSPS) is 14.5. The molecule has 138 valence electrons. The van der Waals surface area contributed by atoms with Crippen LogP contribution in [-0.4, -0.2) is 21.4 Å². The van der Waals surface area contributed by atoms with Crippen molar-refractivity contribution in [2.75, 3.05) is 0 Å². The lowest BCUT2D eigenvalue weighted by molar-refractivity contribution is -0.122. The van der Waals surface area contributed by atoms with Crippen LogP contribution in [-0.2, 0) is 16.1 Å². The van der Waals surface area contributed by atoms with Crippen molar-refractivity contribution in [1.29, 1.82) is 0 Å². The van der Waals surface area contributed by atoms with Crippen molar-refractivity contribution >= 4 is 44.8 Å². The first-order valence-electron chi connectivity index (χ1n) is 9.43. The summed E-state index contributed by atoms with van der Waals surface area (Å²) < 4.78 is 2.15. The number of hydrogen-bond donors (Lipinski definition) is 2. The van der Waals surface area contributed by atoms with Crippen LogP contribution in [0.4, 0.5) is 0 Å². The number of aromatic amines is 1. The number of carbonyl (C=O) groups is 2. The molecule has 0 atom stereocenters. The third kappa shape index (κ3) is 2.33. The van der Waals surface area contributed by atoms with Gasteiger partial charge < -0.3 is 9.55 Å². The molecule has 0 fully saturated rings. The Hall–Kier alpha value is -3.60. The monoisotopic (exact) mass is 369 g/mol. The summed E-state index contributed by atoms with van der Waals surface area (Å²) in [6, 6.07) is 15.8. The van der Waals surface area contributed by atoms with E-state index in [1.807, 2.05) is 54.9 Å². The number of hydrogen-bond acceptors (Lipinski definition) is 2. The molecule has 0 radical (unpaired) electrons. The molecule has 0 saturated heterocycles. The maximum atomic E-state index is 12.8. The van der Waals surface area contributed by atoms with Gasteiger partial charge in [-0.1, -0.05) is 43.3 Å². The van der Waals surface area contributed by atoms with Crippen molar-refractivity contribution in [1.82, 2.24) is 14.9 Å². The van der Waals surface area contributed by atoms with E-state index in [2.05, 4.69) is 27.9 Å². The standard InChI is InChI=1S/C23H19N3O2/c1-2-12-26-13-17(15-7-3-4-9-18(15)26)20-19(22(27)25-23(20)28)16-8-5-6-14-10-11-24-21(14)16/h3-11,13,24H,2,12H2,1H3,(H,25,27,28). The summed E-state index contributed by atoms with van der Waals surface area (Å²) in [5.41, 5.74) is 4.34. The number of H-pyrrole nitrogens is 1. The molecule has 5 rings (SSSR count). The number of carbonyl (C=O) groups excluding carboxylic acids is 2. The summed E-state index contributed by atoms with van der Waals surface area (Å²) in [5.74, 6) is -0.697. The highest BCUT2D eigenvalue weighted by molar-refractivity contribution is 6.50. The van der Waals surface area contributed by atoms with Gasteiger partial charge in [-0.25, -0.2) is 0 Å². The van der Waals surface area contributed by atoms with E-state index in [0.29, 0.717) is 11.1 Å². The first-order valence-corrected chi connectivity index (χ1v) is 9.43. The highest BCUT2D eigenvalue weighted by Gasteiger charge is 2.34. The summed E-state index contributed by atoms with van der Waals surface area (Å²) in [5, 5.41) is 4.48. The summed E-state index contributed by atoms with van der Waals surface area (Å²) >= 11 is 0. The molecule has 0 unspecified atom stereocenters. The molecule has 4 aromatic rings. The number of aryl methyl sites for hydroxylation is 1. The van der Waals surface area contributed by atoms with E-state index in [9.17, 15) is 9.59 Å². The zero-order valence-electron chi connectivity index (χ0n) is 15.5. The van der Waals surface area contributed by atoms with E-state index >= 15 is 0 Å². The first kappa shape index (κ1) is 16.6. The SMILES string of the molecule is CCCn1cc(C2=C(c3cccc4cc[nH]c34)C(=O)NC2=O)c2ccccc21. The van der Waals surface area contributed by atoms with Gasteiger partial charge in [-0.3, -0.25) is 14.9 Å². The molecule has 28 heavy (non-hydrogen) atoms. The van der Waals surface area contributed by atoms with Crippen LogP contribution in [0.3, 0.4) is 0 Å². The number of imide groups is 1. The Morgan fingerprint density at radius 2 is 1.68 bits per heavy atom. The van der Waals surface area contributed by atoms with Crippen molar-refractivity contribution in [3.05, 3.63) is 72.1 Å². The van der Waals surface area contributed by atoms with Gasteiger partial charge in [0.05, 0.1) is 16.7 Å². The number of nitrogens with one attached hydrogen (secondary N) is 2. The molecular formula is C23H19N3O2. The third-order valence-electron chi connectivity index (χ3n) is 5.31. The number of rotatable bonds is 4. The fraction of sp³-hybridized carbons (Fsp3) is 0.130. The maximum absolute atomic E-state index is 12.8. The van der Waals surface area contributed by atoms with E-state index in [-0.39, 0.29) is 11.8 Å². The Balaban J connectivity index is 1.84. The van der Waals surface area contributed by atoms with Crippen LogP contribution < -0.4 is 5.32 Å². The largest absolute Gasteiger partial charge is 0.361 e. The van der Waals surface area contributed by atoms with Crippen LogP contribution in [0.5, 0.6) is 0 Å². The molecule has 5 nitrogen and oxygen atoms in total. The molecule has 2 aromatic heterocycles. The van der Waals surface area contributed by atoms with E-state index < -0.39 is 0 Å². The topological polar surface area (TPSA) is 66.9 Å². The second-order valence-corrected chi connectivity index (χ2v) is 7.03. The minimum absolute atomic E-state index is 0.344. The molecule has 2 N–H and O–H groups in total. The second-order valence-electron chi connectivity index (χ2n) is 7.03. The Bertz CT molecular complexity index is 1290. The predicted molar refractivity (Wildman–Crippen MR) is 110 cm³/mol. The molecule has 5 heteroatoms. The zero-order valence-corrected chi connectivity index (χ0v) is 15.5. The van der Waals surface area contributed by atoms with Crippen LogP contribution in [0.1, 0.15) is 24.5 Å². The molecule has 0 bridgehead atoms. The molecule has 3 heterocycles. The van der Waals surface area contributed by atoms with Gasteiger partial charge in [0.15, 0.2) is 0 Å². The molecule has 2 aromatic carbocycles. The number of benzene rings is 2. The van der Waals surface area contributed by atoms with Gasteiger partial charge in [0.1, 0.15) is 0 Å². The fourth-order valence-corrected chi connectivity index (χ4v) is 4.13. The number of nitrogens with zero attached hydrogens (tertiary/aromatic N) is 1. The maximum Gasteiger partial charge on any atom is 0.259 e. The van der Waals surface area contributed by atoms with Crippen molar-refractivity contribution in [2.24, 2.45) is 0 Å². The van der Waals surface area contributed by atoms with Crippen molar-refractivity contribution in [2.45, 2.75) is 19.9 Å². The van der Waals surface area contributed by atoms with Gasteiger partial charge in [0.25, 0.3) is 11.8 Å². The van der Waals surface area contributed by atoms with Crippen LogP contribution in [0.15, 0.2) is 60.9 Å². The predicted octanol–water partition coefficient (Wildman–Crippen LogP) is 4.10. The Kier molecular flexibility index (Phi) is 3.69. The third-order valence-corrected chi connectivity index (χ3v) is 5.31. The first-order chi connectivity index (χ1) is 13.7.